The smallest absolute Gasteiger partial charge is 0 e. The van der Waals surface area contributed by atoms with Gasteiger partial charge in [-0.2, -0.15) is 0 Å². The van der Waals surface area contributed by atoms with Gasteiger partial charge in [-0.1, -0.05) is 78.9 Å². The van der Waals surface area contributed by atoms with Crippen molar-refractivity contribution in [3.8, 4) is 33.6 Å². The Morgan fingerprint density at radius 3 is 2.21 bits per heavy atom. The molecule has 239 valence electrons. The number of hydrogen-bond donors (Lipinski definition) is 0. The molecule has 4 aromatic carbocycles. The zero-order chi connectivity index (χ0) is 32.1. The molecule has 0 saturated carbocycles. The third-order valence-corrected chi connectivity index (χ3v) is 12.9. The standard InChI is InChI=1S/C28H24NO.C14H16GeN.Ir/c1-3-19(4-2)21-16-17-29-25(18-21)23-13-8-14-24-27-22(20-10-6-5-7-11-20)12-9-15-26(27)30-28(23)24;1-15(2,3)13-9-10-14(16-11-13)12-7-5-4-6-8-12;/h5-12,14-19H,3-4H2,1-2H3;4-7,9-11H,1-3H3;/q2*-1;. The van der Waals surface area contributed by atoms with Crippen LogP contribution in [0.2, 0.25) is 17.3 Å². The molecule has 0 bridgehead atoms. The Balaban J connectivity index is 0.000000217. The number of aromatic nitrogens is 2. The van der Waals surface area contributed by atoms with Crippen LogP contribution in [0.4, 0.5) is 0 Å². The van der Waals surface area contributed by atoms with Crippen molar-refractivity contribution >= 4 is 39.6 Å². The van der Waals surface area contributed by atoms with Crippen LogP contribution in [-0.2, 0) is 20.1 Å². The number of hydrogen-bond acceptors (Lipinski definition) is 3. The minimum absolute atomic E-state index is 0. The van der Waals surface area contributed by atoms with E-state index in [1.54, 1.807) is 0 Å². The summed E-state index contributed by atoms with van der Waals surface area (Å²) < 4.78 is 7.83. The van der Waals surface area contributed by atoms with Crippen LogP contribution >= 0.6 is 0 Å². The molecule has 47 heavy (non-hydrogen) atoms. The minimum Gasteiger partial charge on any atom is 0 e. The molecule has 0 atom stereocenters. The molecule has 7 aromatic rings. The molecular weight excluding hydrogens is 813 g/mol. The van der Waals surface area contributed by atoms with Gasteiger partial charge in [0.1, 0.15) is 5.58 Å². The van der Waals surface area contributed by atoms with Crippen LogP contribution in [0.3, 0.4) is 0 Å². The van der Waals surface area contributed by atoms with Crippen molar-refractivity contribution in [1.29, 1.82) is 0 Å². The van der Waals surface area contributed by atoms with Gasteiger partial charge in [0.15, 0.2) is 0 Å². The molecule has 0 aliphatic heterocycles. The molecule has 7 rings (SSSR count). The predicted octanol–water partition coefficient (Wildman–Crippen LogP) is 11.1. The van der Waals surface area contributed by atoms with E-state index in [4.69, 9.17) is 4.42 Å². The van der Waals surface area contributed by atoms with E-state index in [9.17, 15) is 0 Å². The number of nitrogens with zero attached hydrogens (tertiary/aromatic N) is 2. The van der Waals surface area contributed by atoms with Crippen LogP contribution in [0, 0.1) is 12.1 Å². The number of rotatable bonds is 7. The predicted molar refractivity (Wildman–Crippen MR) is 196 cm³/mol. The molecule has 0 unspecified atom stereocenters. The number of pyridine rings is 2. The first-order chi connectivity index (χ1) is 22.4. The van der Waals surface area contributed by atoms with E-state index in [1.807, 2.05) is 54.9 Å². The van der Waals surface area contributed by atoms with Gasteiger partial charge in [-0.05, 0) is 47.7 Å². The van der Waals surface area contributed by atoms with Gasteiger partial charge in [0.2, 0.25) is 0 Å². The molecule has 0 amide bonds. The molecule has 0 aliphatic carbocycles. The van der Waals surface area contributed by atoms with Crippen LogP contribution in [-0.4, -0.2) is 23.2 Å². The summed E-state index contributed by atoms with van der Waals surface area (Å²) in [5.41, 5.74) is 9.37. The Morgan fingerprint density at radius 2 is 1.53 bits per heavy atom. The fourth-order valence-corrected chi connectivity index (χ4v) is 8.16. The van der Waals surface area contributed by atoms with Crippen LogP contribution in [0.25, 0.3) is 55.6 Å². The molecule has 0 N–H and O–H groups in total. The molecule has 3 nitrogen and oxygen atoms in total. The van der Waals surface area contributed by atoms with Crippen LogP contribution in [0.15, 0.2) is 126 Å². The molecule has 3 heterocycles. The first kappa shape index (κ1) is 34.5. The zero-order valence-corrected chi connectivity index (χ0v) is 32.2. The van der Waals surface area contributed by atoms with E-state index in [-0.39, 0.29) is 20.1 Å². The van der Waals surface area contributed by atoms with Crippen molar-refractivity contribution < 1.29 is 24.5 Å². The Morgan fingerprint density at radius 1 is 0.745 bits per heavy atom. The number of fused-ring (bicyclic) bond motifs is 3. The maximum atomic E-state index is 6.38. The Bertz CT molecular complexity index is 2050. The molecule has 0 spiro atoms. The summed E-state index contributed by atoms with van der Waals surface area (Å²) in [6.45, 7) is 4.48. The summed E-state index contributed by atoms with van der Waals surface area (Å²) in [5.74, 6) is 7.69. The Hall–Kier alpha value is -3.83. The maximum Gasteiger partial charge on any atom is 0 e. The van der Waals surface area contributed by atoms with Gasteiger partial charge in [0, 0.05) is 31.7 Å². The molecule has 5 heteroatoms. The van der Waals surface area contributed by atoms with E-state index in [2.05, 4.69) is 120 Å². The summed E-state index contributed by atoms with van der Waals surface area (Å²) in [4.78, 5) is 9.20. The van der Waals surface area contributed by atoms with Crippen molar-refractivity contribution in [3.63, 3.8) is 0 Å². The van der Waals surface area contributed by atoms with E-state index < -0.39 is 13.3 Å². The molecule has 3 aromatic heterocycles. The SMILES string of the molecule is CCC(CC)c1ccnc(-c2[c-]ccc3c2oc2cccc(-c4ccccc4)c23)c1.[CH3][Ge]([CH3])([CH3])[c]1ccc(-c2[c-]cccc2)nc1.[Ir]. The average molecular weight is 854 g/mol. The molecular formula is C42H40GeIrN2O-2. The fourth-order valence-electron chi connectivity index (χ4n) is 5.99. The van der Waals surface area contributed by atoms with E-state index in [1.165, 1.54) is 21.1 Å². The van der Waals surface area contributed by atoms with Crippen molar-refractivity contribution in [2.24, 2.45) is 0 Å². The van der Waals surface area contributed by atoms with Crippen molar-refractivity contribution in [2.45, 2.75) is 49.9 Å². The number of furan rings is 1. The zero-order valence-electron chi connectivity index (χ0n) is 27.7. The normalized spacial score (nSPS) is 11.3. The monoisotopic (exact) mass is 855 g/mol. The second-order valence-corrected chi connectivity index (χ2v) is 23.3. The molecule has 0 saturated heterocycles. The second-order valence-electron chi connectivity index (χ2n) is 12.7. The second kappa shape index (κ2) is 15.4. The minimum atomic E-state index is -1.72. The Kier molecular flexibility index (Phi) is 11.3. The van der Waals surface area contributed by atoms with Crippen LogP contribution in [0.5, 0.6) is 0 Å². The van der Waals surface area contributed by atoms with Gasteiger partial charge in [0.05, 0.1) is 5.58 Å². The Labute approximate surface area is 295 Å². The fraction of sp³-hybridized carbons (Fsp3) is 0.190. The average Bonchev–Trinajstić information content (AvgIpc) is 3.49. The van der Waals surface area contributed by atoms with Crippen LogP contribution in [0.1, 0.15) is 38.2 Å². The topological polar surface area (TPSA) is 38.9 Å². The maximum absolute atomic E-state index is 6.38. The van der Waals surface area contributed by atoms with Crippen LogP contribution < -0.4 is 4.40 Å². The third-order valence-electron chi connectivity index (χ3n) is 8.65. The molecule has 0 aliphatic rings. The van der Waals surface area contributed by atoms with Crippen molar-refractivity contribution in [2.75, 3.05) is 0 Å². The van der Waals surface area contributed by atoms with Gasteiger partial charge < -0.3 is 9.40 Å². The third kappa shape index (κ3) is 7.67. The summed E-state index contributed by atoms with van der Waals surface area (Å²) in [5, 5.41) is 2.25. The first-order valence-electron chi connectivity index (χ1n) is 16.2. The molecule has 1 radical (unpaired) electrons. The summed E-state index contributed by atoms with van der Waals surface area (Å²) in [7, 11) is 0. The van der Waals surface area contributed by atoms with E-state index >= 15 is 0 Å². The quantitative estimate of drug-likeness (QED) is 0.118. The van der Waals surface area contributed by atoms with Crippen molar-refractivity contribution in [1.82, 2.24) is 9.97 Å². The van der Waals surface area contributed by atoms with Gasteiger partial charge in [-0.3, -0.25) is 0 Å². The molecule has 0 fully saturated rings. The largest absolute Gasteiger partial charge is 0 e. The van der Waals surface area contributed by atoms with Gasteiger partial charge in [-0.25, -0.2) is 0 Å². The summed E-state index contributed by atoms with van der Waals surface area (Å²) in [6.07, 6.45) is 6.20. The van der Waals surface area contributed by atoms with E-state index in [0.717, 1.165) is 57.3 Å². The van der Waals surface area contributed by atoms with Gasteiger partial charge >= 0.3 is 99.8 Å². The van der Waals surface area contributed by atoms with Crippen molar-refractivity contribution in [3.05, 3.63) is 139 Å². The summed E-state index contributed by atoms with van der Waals surface area (Å²) in [6, 6.07) is 44.0. The van der Waals surface area contributed by atoms with Gasteiger partial charge in [-0.15, -0.1) is 18.2 Å². The first-order valence-corrected chi connectivity index (χ1v) is 23.5. The van der Waals surface area contributed by atoms with E-state index in [0.29, 0.717) is 5.92 Å². The number of benzene rings is 4. The van der Waals surface area contributed by atoms with Gasteiger partial charge in [0.25, 0.3) is 0 Å². The summed E-state index contributed by atoms with van der Waals surface area (Å²) >= 11 is -1.72.